The quantitative estimate of drug-likeness (QED) is 0.763. The van der Waals surface area contributed by atoms with Gasteiger partial charge in [0, 0.05) is 0 Å². The van der Waals surface area contributed by atoms with Crippen molar-refractivity contribution in [3.8, 4) is 5.75 Å². The Hall–Kier alpha value is -1.51. The molecule has 0 spiro atoms. The van der Waals surface area contributed by atoms with Crippen LogP contribution in [0.4, 0.5) is 0 Å². The van der Waals surface area contributed by atoms with Gasteiger partial charge in [0.15, 0.2) is 0 Å². The molecule has 1 N–H and O–H groups in total. The fourth-order valence-corrected chi connectivity index (χ4v) is 1.87. The molecule has 15 heavy (non-hydrogen) atoms. The van der Waals surface area contributed by atoms with E-state index < -0.39 is 11.9 Å². The van der Waals surface area contributed by atoms with Crippen LogP contribution in [0.1, 0.15) is 16.7 Å². The molecule has 0 saturated heterocycles. The van der Waals surface area contributed by atoms with E-state index in [1.807, 2.05) is 26.0 Å². The zero-order valence-electron chi connectivity index (χ0n) is 8.91. The zero-order valence-corrected chi connectivity index (χ0v) is 8.91. The molecule has 0 saturated carbocycles. The number of hydrogen-bond acceptors (Lipinski definition) is 2. The molecule has 3 heteroatoms. The summed E-state index contributed by atoms with van der Waals surface area (Å²) < 4.78 is 5.53. The van der Waals surface area contributed by atoms with Crippen LogP contribution in [0.3, 0.4) is 0 Å². The lowest BCUT2D eigenvalue weighted by atomic mass is 9.93. The Bertz CT molecular complexity index is 410. The Labute approximate surface area is 88.7 Å². The smallest absolute Gasteiger partial charge is 0.310 e. The number of aliphatic carboxylic acids is 1. The highest BCUT2D eigenvalue weighted by Crippen LogP contribution is 2.32. The van der Waals surface area contributed by atoms with Crippen molar-refractivity contribution >= 4 is 5.97 Å². The summed E-state index contributed by atoms with van der Waals surface area (Å²) in [5, 5.41) is 8.91. The van der Waals surface area contributed by atoms with Gasteiger partial charge in [0.2, 0.25) is 0 Å². The minimum absolute atomic E-state index is 0.284. The molecule has 0 radical (unpaired) electrons. The number of rotatable bonds is 1. The summed E-state index contributed by atoms with van der Waals surface area (Å²) in [7, 11) is 0. The van der Waals surface area contributed by atoms with Crippen molar-refractivity contribution in [3.05, 3.63) is 28.8 Å². The van der Waals surface area contributed by atoms with Crippen molar-refractivity contribution in [2.24, 2.45) is 5.92 Å². The number of benzene rings is 1. The first-order chi connectivity index (χ1) is 7.09. The molecule has 1 aliphatic rings. The van der Waals surface area contributed by atoms with Crippen LogP contribution in [0.5, 0.6) is 5.75 Å². The largest absolute Gasteiger partial charge is 0.492 e. The van der Waals surface area contributed by atoms with Crippen LogP contribution in [0, 0.1) is 19.8 Å². The fourth-order valence-electron chi connectivity index (χ4n) is 1.87. The predicted molar refractivity (Wildman–Crippen MR) is 56.2 cm³/mol. The Morgan fingerprint density at radius 1 is 1.47 bits per heavy atom. The van der Waals surface area contributed by atoms with Gasteiger partial charge in [0.25, 0.3) is 0 Å². The molecule has 80 valence electrons. The van der Waals surface area contributed by atoms with E-state index in [2.05, 4.69) is 0 Å². The van der Waals surface area contributed by atoms with E-state index >= 15 is 0 Å². The maximum absolute atomic E-state index is 10.8. The second-order valence-electron chi connectivity index (χ2n) is 4.05. The highest BCUT2D eigenvalue weighted by molar-refractivity contribution is 5.71. The summed E-state index contributed by atoms with van der Waals surface area (Å²) in [5.41, 5.74) is 3.32. The molecular weight excluding hydrogens is 192 g/mol. The van der Waals surface area contributed by atoms with E-state index in [1.165, 1.54) is 5.56 Å². The van der Waals surface area contributed by atoms with Crippen LogP contribution >= 0.6 is 0 Å². The Kier molecular flexibility index (Phi) is 2.39. The van der Waals surface area contributed by atoms with E-state index in [4.69, 9.17) is 9.84 Å². The van der Waals surface area contributed by atoms with Crippen molar-refractivity contribution < 1.29 is 14.6 Å². The number of ether oxygens (including phenoxy) is 1. The molecule has 0 fully saturated rings. The third kappa shape index (κ3) is 1.69. The predicted octanol–water partition coefficient (Wildman–Crippen LogP) is 1.94. The van der Waals surface area contributed by atoms with E-state index in [1.54, 1.807) is 0 Å². The highest BCUT2D eigenvalue weighted by Gasteiger charge is 2.26. The second-order valence-corrected chi connectivity index (χ2v) is 4.05. The first-order valence-corrected chi connectivity index (χ1v) is 5.04. The van der Waals surface area contributed by atoms with Gasteiger partial charge in [-0.05, 0) is 37.0 Å². The first kappa shape index (κ1) is 10.0. The normalized spacial score (nSPS) is 19.2. The zero-order chi connectivity index (χ0) is 11.0. The SMILES string of the molecule is Cc1ccc2c(c1C)OCC(C(=O)O)C2. The molecule has 1 unspecified atom stereocenters. The molecule has 1 aliphatic heterocycles. The summed E-state index contributed by atoms with van der Waals surface area (Å²) in [5.74, 6) is -0.300. The van der Waals surface area contributed by atoms with Gasteiger partial charge in [-0.3, -0.25) is 4.79 Å². The van der Waals surface area contributed by atoms with Gasteiger partial charge in [0.1, 0.15) is 12.4 Å². The monoisotopic (exact) mass is 206 g/mol. The molecule has 2 rings (SSSR count). The standard InChI is InChI=1S/C12H14O3/c1-7-3-4-9-5-10(12(13)14)6-15-11(9)8(7)2/h3-4,10H,5-6H2,1-2H3,(H,13,14). The molecule has 0 bridgehead atoms. The van der Waals surface area contributed by atoms with Crippen molar-refractivity contribution in [2.45, 2.75) is 20.3 Å². The number of carboxylic acid groups (broad SMARTS) is 1. The maximum atomic E-state index is 10.8. The molecule has 1 aromatic rings. The topological polar surface area (TPSA) is 46.5 Å². The average molecular weight is 206 g/mol. The van der Waals surface area contributed by atoms with Crippen LogP contribution in [0.2, 0.25) is 0 Å². The van der Waals surface area contributed by atoms with E-state index in [9.17, 15) is 4.79 Å². The molecule has 0 aliphatic carbocycles. The number of carboxylic acids is 1. The third-order valence-corrected chi connectivity index (χ3v) is 3.00. The Balaban J connectivity index is 2.36. The Morgan fingerprint density at radius 3 is 2.87 bits per heavy atom. The fraction of sp³-hybridized carbons (Fsp3) is 0.417. The maximum Gasteiger partial charge on any atom is 0.310 e. The van der Waals surface area contributed by atoms with Crippen molar-refractivity contribution in [1.82, 2.24) is 0 Å². The van der Waals surface area contributed by atoms with Crippen molar-refractivity contribution in [2.75, 3.05) is 6.61 Å². The van der Waals surface area contributed by atoms with Gasteiger partial charge in [0.05, 0.1) is 5.92 Å². The van der Waals surface area contributed by atoms with E-state index in [-0.39, 0.29) is 6.61 Å². The Morgan fingerprint density at radius 2 is 2.20 bits per heavy atom. The summed E-state index contributed by atoms with van der Waals surface area (Å²) in [6.45, 7) is 4.32. The summed E-state index contributed by atoms with van der Waals surface area (Å²) in [6, 6.07) is 3.98. The highest BCUT2D eigenvalue weighted by atomic mass is 16.5. The van der Waals surface area contributed by atoms with Gasteiger partial charge in [-0.1, -0.05) is 12.1 Å². The second kappa shape index (κ2) is 3.57. The number of carbonyl (C=O) groups is 1. The van der Waals surface area contributed by atoms with E-state index in [0.717, 1.165) is 16.9 Å². The third-order valence-electron chi connectivity index (χ3n) is 3.00. The molecule has 0 aromatic heterocycles. The number of fused-ring (bicyclic) bond motifs is 1. The van der Waals surface area contributed by atoms with Gasteiger partial charge in [-0.2, -0.15) is 0 Å². The average Bonchev–Trinajstić information content (AvgIpc) is 2.23. The van der Waals surface area contributed by atoms with Crippen LogP contribution in [-0.2, 0) is 11.2 Å². The molecule has 1 aromatic carbocycles. The summed E-state index contributed by atoms with van der Waals surface area (Å²) >= 11 is 0. The van der Waals surface area contributed by atoms with Crippen LogP contribution < -0.4 is 4.74 Å². The van der Waals surface area contributed by atoms with Crippen molar-refractivity contribution in [3.63, 3.8) is 0 Å². The first-order valence-electron chi connectivity index (χ1n) is 5.04. The van der Waals surface area contributed by atoms with Crippen LogP contribution in [0.25, 0.3) is 0 Å². The van der Waals surface area contributed by atoms with Gasteiger partial charge < -0.3 is 9.84 Å². The van der Waals surface area contributed by atoms with Gasteiger partial charge in [-0.15, -0.1) is 0 Å². The summed E-state index contributed by atoms with van der Waals surface area (Å²) in [4.78, 5) is 10.8. The molecule has 1 atom stereocenters. The minimum atomic E-state index is -0.779. The van der Waals surface area contributed by atoms with Crippen LogP contribution in [-0.4, -0.2) is 17.7 Å². The number of hydrogen-bond donors (Lipinski definition) is 1. The molecule has 1 heterocycles. The van der Waals surface area contributed by atoms with Gasteiger partial charge in [-0.25, -0.2) is 0 Å². The van der Waals surface area contributed by atoms with Gasteiger partial charge >= 0.3 is 5.97 Å². The van der Waals surface area contributed by atoms with Crippen molar-refractivity contribution in [1.29, 1.82) is 0 Å². The lowest BCUT2D eigenvalue weighted by Gasteiger charge is -2.24. The summed E-state index contributed by atoms with van der Waals surface area (Å²) in [6.07, 6.45) is 0.575. The molecule has 3 nitrogen and oxygen atoms in total. The van der Waals surface area contributed by atoms with E-state index in [0.29, 0.717) is 6.42 Å². The lowest BCUT2D eigenvalue weighted by Crippen LogP contribution is -2.28. The number of aryl methyl sites for hydroxylation is 1. The lowest BCUT2D eigenvalue weighted by molar-refractivity contribution is -0.143. The molecular formula is C12H14O3. The minimum Gasteiger partial charge on any atom is -0.492 e. The molecule has 0 amide bonds. The van der Waals surface area contributed by atoms with Crippen LogP contribution in [0.15, 0.2) is 12.1 Å².